The lowest BCUT2D eigenvalue weighted by molar-refractivity contribution is 0.113. The molecule has 1 aromatic carbocycles. The Labute approximate surface area is 114 Å². The Morgan fingerprint density at radius 2 is 2.00 bits per heavy atom. The van der Waals surface area contributed by atoms with Gasteiger partial charge in [-0.1, -0.05) is 11.6 Å². The molecule has 100 valence electrons. The van der Waals surface area contributed by atoms with E-state index in [1.807, 2.05) is 19.1 Å². The zero-order chi connectivity index (χ0) is 13.3. The van der Waals surface area contributed by atoms with E-state index in [0.717, 1.165) is 36.0 Å². The second-order valence-corrected chi connectivity index (χ2v) is 5.54. The van der Waals surface area contributed by atoms with Gasteiger partial charge in [-0.3, -0.25) is 4.90 Å². The molecule has 1 heterocycles. The number of benzene rings is 1. The van der Waals surface area contributed by atoms with Gasteiger partial charge in [0.25, 0.3) is 0 Å². The van der Waals surface area contributed by atoms with Crippen LogP contribution < -0.4 is 4.74 Å². The van der Waals surface area contributed by atoms with Crippen molar-refractivity contribution in [3.8, 4) is 5.75 Å². The number of nitrogens with zero attached hydrogens (tertiary/aromatic N) is 2. The standard InChI is InChI=1S/C14H21ClN2O/c1-10-7-11(15)8-12(14(10)18-4)13-9-16(2)5-6-17(13)3/h7-8,13H,5-6,9H2,1-4H3. The Hall–Kier alpha value is -0.770. The van der Waals surface area contributed by atoms with Gasteiger partial charge in [-0.05, 0) is 38.7 Å². The zero-order valence-corrected chi connectivity index (χ0v) is 12.3. The average Bonchev–Trinajstić information content (AvgIpc) is 2.31. The first-order chi connectivity index (χ1) is 8.52. The largest absolute Gasteiger partial charge is 0.496 e. The van der Waals surface area contributed by atoms with Crippen LogP contribution in [0.2, 0.25) is 5.02 Å². The smallest absolute Gasteiger partial charge is 0.126 e. The summed E-state index contributed by atoms with van der Waals surface area (Å²) in [4.78, 5) is 4.72. The molecular formula is C14H21ClN2O. The zero-order valence-electron chi connectivity index (χ0n) is 11.5. The summed E-state index contributed by atoms with van der Waals surface area (Å²) >= 11 is 6.19. The number of piperazine rings is 1. The highest BCUT2D eigenvalue weighted by Gasteiger charge is 2.27. The number of hydrogen-bond donors (Lipinski definition) is 0. The molecule has 1 atom stereocenters. The van der Waals surface area contributed by atoms with Crippen molar-refractivity contribution >= 4 is 11.6 Å². The lowest BCUT2D eigenvalue weighted by Gasteiger charge is -2.38. The Morgan fingerprint density at radius 3 is 2.67 bits per heavy atom. The highest BCUT2D eigenvalue weighted by molar-refractivity contribution is 6.30. The van der Waals surface area contributed by atoms with Gasteiger partial charge in [0.1, 0.15) is 5.75 Å². The van der Waals surface area contributed by atoms with Gasteiger partial charge in [-0.25, -0.2) is 0 Å². The topological polar surface area (TPSA) is 15.7 Å². The average molecular weight is 269 g/mol. The number of rotatable bonds is 2. The van der Waals surface area contributed by atoms with Crippen LogP contribution in [0.1, 0.15) is 17.2 Å². The molecule has 2 rings (SSSR count). The van der Waals surface area contributed by atoms with E-state index in [2.05, 4.69) is 23.9 Å². The molecule has 18 heavy (non-hydrogen) atoms. The fraction of sp³-hybridized carbons (Fsp3) is 0.571. The van der Waals surface area contributed by atoms with Crippen LogP contribution in [-0.4, -0.2) is 50.6 Å². The van der Waals surface area contributed by atoms with Gasteiger partial charge in [0.15, 0.2) is 0 Å². The Kier molecular flexibility index (Phi) is 4.15. The summed E-state index contributed by atoms with van der Waals surface area (Å²) < 4.78 is 5.56. The van der Waals surface area contributed by atoms with E-state index in [9.17, 15) is 0 Å². The third-order valence-electron chi connectivity index (χ3n) is 3.68. The molecule has 1 aromatic rings. The molecule has 4 heteroatoms. The van der Waals surface area contributed by atoms with Crippen molar-refractivity contribution in [2.75, 3.05) is 40.8 Å². The van der Waals surface area contributed by atoms with Crippen LogP contribution in [0.15, 0.2) is 12.1 Å². The van der Waals surface area contributed by atoms with Crippen LogP contribution >= 0.6 is 11.6 Å². The van der Waals surface area contributed by atoms with E-state index in [1.54, 1.807) is 7.11 Å². The normalized spacial score (nSPS) is 22.2. The van der Waals surface area contributed by atoms with E-state index in [4.69, 9.17) is 16.3 Å². The lowest BCUT2D eigenvalue weighted by Crippen LogP contribution is -2.44. The number of hydrogen-bond acceptors (Lipinski definition) is 3. The maximum absolute atomic E-state index is 6.19. The van der Waals surface area contributed by atoms with Crippen LogP contribution in [0.5, 0.6) is 5.75 Å². The number of methoxy groups -OCH3 is 1. The molecule has 0 N–H and O–H groups in total. The van der Waals surface area contributed by atoms with Crippen molar-refractivity contribution in [1.82, 2.24) is 9.80 Å². The summed E-state index contributed by atoms with van der Waals surface area (Å²) in [6.45, 7) is 5.22. The van der Waals surface area contributed by atoms with Crippen molar-refractivity contribution in [2.24, 2.45) is 0 Å². The SMILES string of the molecule is COc1c(C)cc(Cl)cc1C1CN(C)CCN1C. The monoisotopic (exact) mass is 268 g/mol. The first-order valence-electron chi connectivity index (χ1n) is 6.25. The lowest BCUT2D eigenvalue weighted by atomic mass is 9.99. The summed E-state index contributed by atoms with van der Waals surface area (Å²) in [7, 11) is 6.05. The number of aryl methyl sites for hydroxylation is 1. The molecule has 0 aliphatic carbocycles. The molecule has 3 nitrogen and oxygen atoms in total. The van der Waals surface area contributed by atoms with E-state index >= 15 is 0 Å². The summed E-state index contributed by atoms with van der Waals surface area (Å²) in [6.07, 6.45) is 0. The minimum atomic E-state index is 0.344. The van der Waals surface area contributed by atoms with Crippen molar-refractivity contribution in [1.29, 1.82) is 0 Å². The molecule has 0 saturated carbocycles. The third-order valence-corrected chi connectivity index (χ3v) is 3.90. The summed E-state index contributed by atoms with van der Waals surface area (Å²) in [6, 6.07) is 4.33. The van der Waals surface area contributed by atoms with Crippen LogP contribution in [0, 0.1) is 6.92 Å². The van der Waals surface area contributed by atoms with Gasteiger partial charge >= 0.3 is 0 Å². The van der Waals surface area contributed by atoms with Gasteiger partial charge in [0.05, 0.1) is 13.2 Å². The molecular weight excluding hydrogens is 248 g/mol. The number of likely N-dealkylation sites (N-methyl/N-ethyl adjacent to an activating group) is 2. The summed E-state index contributed by atoms with van der Waals surface area (Å²) in [5.74, 6) is 0.964. The minimum absolute atomic E-state index is 0.344. The van der Waals surface area contributed by atoms with Crippen LogP contribution in [0.3, 0.4) is 0 Å². The summed E-state index contributed by atoms with van der Waals surface area (Å²) in [5.41, 5.74) is 2.29. The first kappa shape index (κ1) is 13.7. The maximum Gasteiger partial charge on any atom is 0.126 e. The molecule has 1 aliphatic heterocycles. The Morgan fingerprint density at radius 1 is 1.28 bits per heavy atom. The van der Waals surface area contributed by atoms with E-state index < -0.39 is 0 Å². The number of ether oxygens (including phenoxy) is 1. The van der Waals surface area contributed by atoms with Gasteiger partial charge in [-0.15, -0.1) is 0 Å². The van der Waals surface area contributed by atoms with Crippen LogP contribution in [0.25, 0.3) is 0 Å². The van der Waals surface area contributed by atoms with Crippen molar-refractivity contribution < 1.29 is 4.74 Å². The first-order valence-corrected chi connectivity index (χ1v) is 6.63. The second kappa shape index (κ2) is 5.47. The molecule has 0 aromatic heterocycles. The van der Waals surface area contributed by atoms with Crippen molar-refractivity contribution in [2.45, 2.75) is 13.0 Å². The van der Waals surface area contributed by atoms with Gasteiger partial charge in [0, 0.05) is 30.2 Å². The van der Waals surface area contributed by atoms with E-state index in [0.29, 0.717) is 6.04 Å². The van der Waals surface area contributed by atoms with Crippen LogP contribution in [0.4, 0.5) is 0 Å². The fourth-order valence-electron chi connectivity index (χ4n) is 2.63. The molecule has 1 aliphatic rings. The Bertz CT molecular complexity index is 436. The predicted molar refractivity (Wildman–Crippen MR) is 75.6 cm³/mol. The highest BCUT2D eigenvalue weighted by atomic mass is 35.5. The summed E-state index contributed by atoms with van der Waals surface area (Å²) in [5, 5.41) is 0.782. The number of halogens is 1. The van der Waals surface area contributed by atoms with Crippen molar-refractivity contribution in [3.63, 3.8) is 0 Å². The molecule has 1 saturated heterocycles. The molecule has 0 bridgehead atoms. The van der Waals surface area contributed by atoms with Crippen molar-refractivity contribution in [3.05, 3.63) is 28.3 Å². The molecule has 0 radical (unpaired) electrons. The molecule has 1 fully saturated rings. The minimum Gasteiger partial charge on any atom is -0.496 e. The quantitative estimate of drug-likeness (QED) is 0.820. The predicted octanol–water partition coefficient (Wildman–Crippen LogP) is 2.58. The van der Waals surface area contributed by atoms with Gasteiger partial charge in [0.2, 0.25) is 0 Å². The molecule has 0 amide bonds. The van der Waals surface area contributed by atoms with E-state index in [1.165, 1.54) is 5.56 Å². The fourth-order valence-corrected chi connectivity index (χ4v) is 2.91. The Balaban J connectivity index is 2.42. The molecule has 1 unspecified atom stereocenters. The van der Waals surface area contributed by atoms with Crippen LogP contribution in [-0.2, 0) is 0 Å². The highest BCUT2D eigenvalue weighted by Crippen LogP contribution is 2.35. The van der Waals surface area contributed by atoms with Gasteiger partial charge in [-0.2, -0.15) is 0 Å². The second-order valence-electron chi connectivity index (χ2n) is 5.10. The third kappa shape index (κ3) is 2.63. The molecule has 0 spiro atoms. The van der Waals surface area contributed by atoms with Gasteiger partial charge < -0.3 is 9.64 Å². The maximum atomic E-state index is 6.19. The van der Waals surface area contributed by atoms with E-state index in [-0.39, 0.29) is 0 Å².